The average Bonchev–Trinajstić information content (AvgIpc) is 2.69. The minimum absolute atomic E-state index is 0.552. The predicted octanol–water partition coefficient (Wildman–Crippen LogP) is 8.89. The lowest BCUT2D eigenvalue weighted by molar-refractivity contribution is 0.465. The molecule has 0 aliphatic rings. The van der Waals surface area contributed by atoms with Crippen LogP contribution >= 0.6 is 23.5 Å². The maximum Gasteiger partial charge on any atom is 0.123 e. The monoisotopic (exact) mass is 424 g/mol. The molecule has 0 heterocycles. The fraction of sp³-hybridized carbons (Fsp3) is 0.760. The van der Waals surface area contributed by atoms with Crippen molar-refractivity contribution in [3.8, 4) is 5.75 Å². The highest BCUT2D eigenvalue weighted by molar-refractivity contribution is 7.98. The Kier molecular flexibility index (Phi) is 16.2. The van der Waals surface area contributed by atoms with Crippen molar-refractivity contribution < 1.29 is 5.11 Å². The molecule has 0 unspecified atom stereocenters. The first-order chi connectivity index (χ1) is 13.7. The van der Waals surface area contributed by atoms with Crippen LogP contribution in [0.4, 0.5) is 0 Å². The summed E-state index contributed by atoms with van der Waals surface area (Å²) in [5.74, 6) is 4.86. The van der Waals surface area contributed by atoms with Crippen LogP contribution in [0.3, 0.4) is 0 Å². The quantitative estimate of drug-likeness (QED) is 0.237. The molecule has 0 saturated carbocycles. The Labute approximate surface area is 183 Å². The lowest BCUT2D eigenvalue weighted by Gasteiger charge is -2.12. The maximum absolute atomic E-state index is 10.7. The zero-order valence-electron chi connectivity index (χ0n) is 18.7. The van der Waals surface area contributed by atoms with Crippen LogP contribution in [0.25, 0.3) is 0 Å². The van der Waals surface area contributed by atoms with E-state index >= 15 is 0 Å². The second-order valence-corrected chi connectivity index (χ2v) is 10.3. The molecule has 0 radical (unpaired) electrons. The average molecular weight is 425 g/mol. The van der Waals surface area contributed by atoms with Crippen molar-refractivity contribution in [2.45, 2.75) is 109 Å². The molecule has 1 aromatic carbocycles. The third-order valence-corrected chi connectivity index (χ3v) is 7.40. The molecular weight excluding hydrogens is 380 g/mol. The van der Waals surface area contributed by atoms with Crippen LogP contribution in [-0.2, 0) is 11.5 Å². The van der Waals surface area contributed by atoms with Crippen molar-refractivity contribution in [2.75, 3.05) is 11.5 Å². The van der Waals surface area contributed by atoms with Gasteiger partial charge in [0.25, 0.3) is 0 Å². The molecule has 0 aromatic heterocycles. The van der Waals surface area contributed by atoms with Crippen molar-refractivity contribution in [1.82, 2.24) is 0 Å². The summed E-state index contributed by atoms with van der Waals surface area (Å²) in [5, 5.41) is 10.7. The number of hydrogen-bond acceptors (Lipinski definition) is 3. The van der Waals surface area contributed by atoms with Crippen molar-refractivity contribution in [3.63, 3.8) is 0 Å². The second-order valence-electron chi connectivity index (χ2n) is 8.07. The Bertz CT molecular complexity index is 460. The second kappa shape index (κ2) is 17.6. The SMILES string of the molecule is CCCCCCCCSCc1cc(C)cc(CSCCCCCCCC)c1O. The summed E-state index contributed by atoms with van der Waals surface area (Å²) in [4.78, 5) is 0. The number of benzene rings is 1. The molecule has 162 valence electrons. The first kappa shape index (κ1) is 25.8. The van der Waals surface area contributed by atoms with Gasteiger partial charge in [-0.15, -0.1) is 0 Å². The molecule has 1 rings (SSSR count). The molecule has 0 amide bonds. The van der Waals surface area contributed by atoms with E-state index in [1.165, 1.54) is 94.1 Å². The number of unbranched alkanes of at least 4 members (excludes halogenated alkanes) is 10. The molecule has 1 nitrogen and oxygen atoms in total. The van der Waals surface area contributed by atoms with Crippen LogP contribution in [0, 0.1) is 6.92 Å². The molecule has 0 bridgehead atoms. The highest BCUT2D eigenvalue weighted by Gasteiger charge is 2.09. The molecule has 3 heteroatoms. The number of hydrogen-bond donors (Lipinski definition) is 1. The molecular formula is C25H44OS2. The Morgan fingerprint density at radius 1 is 0.643 bits per heavy atom. The van der Waals surface area contributed by atoms with Gasteiger partial charge in [-0.2, -0.15) is 23.5 Å². The fourth-order valence-electron chi connectivity index (χ4n) is 3.49. The van der Waals surface area contributed by atoms with Gasteiger partial charge in [-0.3, -0.25) is 0 Å². The van der Waals surface area contributed by atoms with Gasteiger partial charge in [-0.1, -0.05) is 95.8 Å². The van der Waals surface area contributed by atoms with Crippen molar-refractivity contribution in [1.29, 1.82) is 0 Å². The van der Waals surface area contributed by atoms with Crippen LogP contribution in [-0.4, -0.2) is 16.6 Å². The van der Waals surface area contributed by atoms with Gasteiger partial charge in [0.05, 0.1) is 0 Å². The van der Waals surface area contributed by atoms with Gasteiger partial charge < -0.3 is 5.11 Å². The van der Waals surface area contributed by atoms with E-state index in [0.29, 0.717) is 5.75 Å². The number of phenolic OH excluding ortho intramolecular Hbond substituents is 1. The number of thioether (sulfide) groups is 2. The van der Waals surface area contributed by atoms with Gasteiger partial charge in [-0.25, -0.2) is 0 Å². The summed E-state index contributed by atoms with van der Waals surface area (Å²) in [5.41, 5.74) is 3.54. The normalized spacial score (nSPS) is 11.2. The summed E-state index contributed by atoms with van der Waals surface area (Å²) in [7, 11) is 0. The molecule has 1 N–H and O–H groups in total. The number of aromatic hydroxyl groups is 1. The highest BCUT2D eigenvalue weighted by Crippen LogP contribution is 2.31. The number of aryl methyl sites for hydroxylation is 1. The van der Waals surface area contributed by atoms with Crippen LogP contribution in [0.15, 0.2) is 12.1 Å². The van der Waals surface area contributed by atoms with Crippen molar-refractivity contribution >= 4 is 23.5 Å². The summed E-state index contributed by atoms with van der Waals surface area (Å²) in [6, 6.07) is 4.34. The topological polar surface area (TPSA) is 20.2 Å². The van der Waals surface area contributed by atoms with Gasteiger partial charge in [0.15, 0.2) is 0 Å². The zero-order valence-corrected chi connectivity index (χ0v) is 20.4. The van der Waals surface area contributed by atoms with Gasteiger partial charge in [-0.05, 0) is 31.3 Å². The number of rotatable bonds is 18. The lowest BCUT2D eigenvalue weighted by atomic mass is 10.1. The van der Waals surface area contributed by atoms with Gasteiger partial charge >= 0.3 is 0 Å². The zero-order chi connectivity index (χ0) is 20.5. The van der Waals surface area contributed by atoms with E-state index in [4.69, 9.17) is 0 Å². The van der Waals surface area contributed by atoms with E-state index in [1.807, 2.05) is 23.5 Å². The molecule has 0 fully saturated rings. The van der Waals surface area contributed by atoms with E-state index in [1.54, 1.807) is 0 Å². The van der Waals surface area contributed by atoms with E-state index in [9.17, 15) is 5.11 Å². The van der Waals surface area contributed by atoms with Crippen LogP contribution in [0.5, 0.6) is 5.75 Å². The molecule has 0 aliphatic heterocycles. The van der Waals surface area contributed by atoms with Gasteiger partial charge in [0.1, 0.15) is 5.75 Å². The summed E-state index contributed by atoms with van der Waals surface area (Å²) in [6.45, 7) is 6.69. The largest absolute Gasteiger partial charge is 0.507 e. The number of phenols is 1. The van der Waals surface area contributed by atoms with E-state index in [2.05, 4.69) is 32.9 Å². The third kappa shape index (κ3) is 12.3. The minimum Gasteiger partial charge on any atom is -0.507 e. The first-order valence-electron chi connectivity index (χ1n) is 11.7. The molecule has 0 atom stereocenters. The summed E-state index contributed by atoms with van der Waals surface area (Å²) >= 11 is 3.95. The van der Waals surface area contributed by atoms with Crippen LogP contribution in [0.2, 0.25) is 0 Å². The minimum atomic E-state index is 0.552. The van der Waals surface area contributed by atoms with Crippen LogP contribution < -0.4 is 0 Å². The summed E-state index contributed by atoms with van der Waals surface area (Å²) < 4.78 is 0. The van der Waals surface area contributed by atoms with E-state index < -0.39 is 0 Å². The van der Waals surface area contributed by atoms with Crippen molar-refractivity contribution in [3.05, 3.63) is 28.8 Å². The Morgan fingerprint density at radius 2 is 1.04 bits per heavy atom. The highest BCUT2D eigenvalue weighted by atomic mass is 32.2. The third-order valence-electron chi connectivity index (χ3n) is 5.21. The molecule has 28 heavy (non-hydrogen) atoms. The predicted molar refractivity (Wildman–Crippen MR) is 132 cm³/mol. The van der Waals surface area contributed by atoms with Crippen LogP contribution in [0.1, 0.15) is 108 Å². The lowest BCUT2D eigenvalue weighted by Crippen LogP contribution is -1.93. The Balaban J connectivity index is 2.26. The molecule has 0 saturated heterocycles. The first-order valence-corrected chi connectivity index (χ1v) is 14.0. The molecule has 1 aromatic rings. The smallest absolute Gasteiger partial charge is 0.123 e. The standard InChI is InChI=1S/C25H44OS2/c1-4-6-8-10-12-14-16-27-20-23-18-22(3)19-24(25(23)26)21-28-17-15-13-11-9-7-5-2/h18-19,26H,4-17,20-21H2,1-3H3. The maximum atomic E-state index is 10.7. The molecule has 0 spiro atoms. The van der Waals surface area contributed by atoms with Gasteiger partial charge in [0, 0.05) is 22.6 Å². The summed E-state index contributed by atoms with van der Waals surface area (Å²) in [6.07, 6.45) is 16.3. The van der Waals surface area contributed by atoms with E-state index in [0.717, 1.165) is 22.6 Å². The Hall–Kier alpha value is -0.280. The van der Waals surface area contributed by atoms with Gasteiger partial charge in [0.2, 0.25) is 0 Å². The van der Waals surface area contributed by atoms with E-state index in [-0.39, 0.29) is 0 Å². The fourth-order valence-corrected chi connectivity index (χ4v) is 5.47. The Morgan fingerprint density at radius 3 is 1.46 bits per heavy atom. The molecule has 0 aliphatic carbocycles. The van der Waals surface area contributed by atoms with Crippen molar-refractivity contribution in [2.24, 2.45) is 0 Å².